The fourth-order valence-corrected chi connectivity index (χ4v) is 3.28. The fourth-order valence-electron chi connectivity index (χ4n) is 3.28. The molecule has 0 unspecified atom stereocenters. The Morgan fingerprint density at radius 1 is 1.00 bits per heavy atom. The highest BCUT2D eigenvalue weighted by atomic mass is 16.3. The van der Waals surface area contributed by atoms with Crippen molar-refractivity contribution in [2.75, 3.05) is 0 Å². The highest BCUT2D eigenvalue weighted by molar-refractivity contribution is 5.86. The van der Waals surface area contributed by atoms with Gasteiger partial charge in [-0.05, 0) is 43.9 Å². The standard InChI is InChI=1S/C21H25N3O2/c1-4-5-6-9-16-12-17(25)18(15-10-7-8-13(2)11-15)20(26)19(16)21-22-14(3)23-24-21/h7-8,10-12,25-26H,4-6,9H2,1-3H3,(H,22,23,24). The van der Waals surface area contributed by atoms with Crippen molar-refractivity contribution in [1.82, 2.24) is 15.2 Å². The van der Waals surface area contributed by atoms with Gasteiger partial charge in [-0.15, -0.1) is 10.2 Å². The van der Waals surface area contributed by atoms with Gasteiger partial charge in [0.2, 0.25) is 0 Å². The number of aromatic amines is 1. The normalized spacial score (nSPS) is 11.0. The number of unbranched alkanes of at least 4 members (excludes halogenated alkanes) is 2. The molecule has 0 fully saturated rings. The van der Waals surface area contributed by atoms with E-state index in [1.54, 1.807) is 6.07 Å². The summed E-state index contributed by atoms with van der Waals surface area (Å²) >= 11 is 0. The van der Waals surface area contributed by atoms with Gasteiger partial charge in [0, 0.05) is 0 Å². The minimum atomic E-state index is 0.0400. The summed E-state index contributed by atoms with van der Waals surface area (Å²) in [5.41, 5.74) is 3.76. The van der Waals surface area contributed by atoms with Crippen LogP contribution in [0.4, 0.5) is 0 Å². The molecule has 5 nitrogen and oxygen atoms in total. The Morgan fingerprint density at radius 3 is 2.46 bits per heavy atom. The van der Waals surface area contributed by atoms with E-state index in [0.29, 0.717) is 22.8 Å². The Balaban J connectivity index is 2.18. The number of phenolic OH excluding ortho intramolecular Hbond substituents is 2. The maximum Gasteiger partial charge on any atom is 0.165 e. The smallest absolute Gasteiger partial charge is 0.165 e. The van der Waals surface area contributed by atoms with Crippen molar-refractivity contribution in [3.8, 4) is 34.0 Å². The van der Waals surface area contributed by atoms with E-state index in [1.807, 2.05) is 38.1 Å². The molecule has 0 spiro atoms. The third kappa shape index (κ3) is 3.57. The van der Waals surface area contributed by atoms with Crippen LogP contribution in [0.25, 0.3) is 22.5 Å². The number of nitrogens with one attached hydrogen (secondary N) is 1. The minimum Gasteiger partial charge on any atom is -0.507 e. The van der Waals surface area contributed by atoms with E-state index < -0.39 is 0 Å². The number of aromatic nitrogens is 3. The summed E-state index contributed by atoms with van der Waals surface area (Å²) in [6, 6.07) is 9.48. The van der Waals surface area contributed by atoms with Crippen molar-refractivity contribution in [2.24, 2.45) is 0 Å². The predicted molar refractivity (Wildman–Crippen MR) is 103 cm³/mol. The van der Waals surface area contributed by atoms with Crippen molar-refractivity contribution in [3.05, 3.63) is 47.3 Å². The zero-order valence-electron chi connectivity index (χ0n) is 15.5. The number of hydrogen-bond acceptors (Lipinski definition) is 4. The Morgan fingerprint density at radius 2 is 1.81 bits per heavy atom. The first-order valence-electron chi connectivity index (χ1n) is 9.05. The zero-order chi connectivity index (χ0) is 18.7. The summed E-state index contributed by atoms with van der Waals surface area (Å²) in [7, 11) is 0. The van der Waals surface area contributed by atoms with Crippen LogP contribution >= 0.6 is 0 Å². The highest BCUT2D eigenvalue weighted by Gasteiger charge is 2.22. The van der Waals surface area contributed by atoms with E-state index in [-0.39, 0.29) is 11.5 Å². The van der Waals surface area contributed by atoms with Crippen LogP contribution in [0.15, 0.2) is 30.3 Å². The Labute approximate surface area is 153 Å². The monoisotopic (exact) mass is 351 g/mol. The molecule has 0 aliphatic heterocycles. The summed E-state index contributed by atoms with van der Waals surface area (Å²) in [5, 5.41) is 29.9. The lowest BCUT2D eigenvalue weighted by atomic mass is 9.92. The molecule has 5 heteroatoms. The summed E-state index contributed by atoms with van der Waals surface area (Å²) < 4.78 is 0. The van der Waals surface area contributed by atoms with Gasteiger partial charge in [0.1, 0.15) is 17.3 Å². The van der Waals surface area contributed by atoms with Gasteiger partial charge in [0.25, 0.3) is 0 Å². The summed E-state index contributed by atoms with van der Waals surface area (Å²) in [6.07, 6.45) is 3.95. The van der Waals surface area contributed by atoms with Crippen LogP contribution in [0.2, 0.25) is 0 Å². The lowest BCUT2D eigenvalue weighted by Gasteiger charge is -2.16. The molecule has 3 N–H and O–H groups in total. The van der Waals surface area contributed by atoms with Gasteiger partial charge in [0.15, 0.2) is 5.82 Å². The molecule has 3 rings (SSSR count). The fraction of sp³-hybridized carbons (Fsp3) is 0.333. The average Bonchev–Trinajstić information content (AvgIpc) is 3.01. The largest absolute Gasteiger partial charge is 0.507 e. The second-order valence-corrected chi connectivity index (χ2v) is 6.74. The molecule has 0 saturated carbocycles. The molecule has 0 saturated heterocycles. The first kappa shape index (κ1) is 18.0. The molecule has 1 heterocycles. The van der Waals surface area contributed by atoms with E-state index in [1.165, 1.54) is 0 Å². The van der Waals surface area contributed by atoms with Crippen LogP contribution in [0.3, 0.4) is 0 Å². The molecule has 0 aliphatic carbocycles. The molecule has 0 radical (unpaired) electrons. The van der Waals surface area contributed by atoms with E-state index >= 15 is 0 Å². The average molecular weight is 351 g/mol. The third-order valence-electron chi connectivity index (χ3n) is 4.55. The zero-order valence-corrected chi connectivity index (χ0v) is 15.5. The molecular formula is C21H25N3O2. The van der Waals surface area contributed by atoms with E-state index in [9.17, 15) is 10.2 Å². The number of H-pyrrole nitrogens is 1. The lowest BCUT2D eigenvalue weighted by Crippen LogP contribution is -1.96. The lowest BCUT2D eigenvalue weighted by molar-refractivity contribution is 0.453. The number of hydrogen-bond donors (Lipinski definition) is 3. The molecule has 0 aliphatic rings. The number of aromatic hydroxyl groups is 2. The topological polar surface area (TPSA) is 82.0 Å². The quantitative estimate of drug-likeness (QED) is 0.552. The second kappa shape index (κ2) is 7.60. The molecule has 0 amide bonds. The molecule has 0 atom stereocenters. The summed E-state index contributed by atoms with van der Waals surface area (Å²) in [4.78, 5) is 3.11. The van der Waals surface area contributed by atoms with E-state index in [2.05, 4.69) is 22.1 Å². The van der Waals surface area contributed by atoms with Crippen molar-refractivity contribution in [3.63, 3.8) is 0 Å². The van der Waals surface area contributed by atoms with Gasteiger partial charge in [-0.2, -0.15) is 0 Å². The summed E-state index contributed by atoms with van der Waals surface area (Å²) in [6.45, 7) is 5.96. The first-order valence-corrected chi connectivity index (χ1v) is 9.05. The number of aryl methyl sites for hydroxylation is 3. The number of phenols is 2. The molecule has 1 aromatic heterocycles. The highest BCUT2D eigenvalue weighted by Crippen LogP contribution is 2.45. The van der Waals surface area contributed by atoms with Crippen molar-refractivity contribution < 1.29 is 10.2 Å². The van der Waals surface area contributed by atoms with Gasteiger partial charge < -0.3 is 15.2 Å². The minimum absolute atomic E-state index is 0.0400. The van der Waals surface area contributed by atoms with Gasteiger partial charge >= 0.3 is 0 Å². The van der Waals surface area contributed by atoms with Crippen molar-refractivity contribution in [1.29, 1.82) is 0 Å². The first-order chi connectivity index (χ1) is 12.5. The predicted octanol–water partition coefficient (Wildman–Crippen LogP) is 4.90. The van der Waals surface area contributed by atoms with Gasteiger partial charge in [-0.25, -0.2) is 0 Å². The second-order valence-electron chi connectivity index (χ2n) is 6.74. The molecule has 26 heavy (non-hydrogen) atoms. The molecule has 136 valence electrons. The molecule has 0 bridgehead atoms. The summed E-state index contributed by atoms with van der Waals surface area (Å²) in [5.74, 6) is 1.34. The maximum atomic E-state index is 11.1. The van der Waals surface area contributed by atoms with Gasteiger partial charge in [-0.1, -0.05) is 49.6 Å². The van der Waals surface area contributed by atoms with E-state index in [0.717, 1.165) is 42.4 Å². The van der Waals surface area contributed by atoms with Crippen LogP contribution in [-0.2, 0) is 6.42 Å². The van der Waals surface area contributed by atoms with Crippen LogP contribution in [0.1, 0.15) is 43.1 Å². The van der Waals surface area contributed by atoms with Crippen molar-refractivity contribution >= 4 is 0 Å². The van der Waals surface area contributed by atoms with E-state index in [4.69, 9.17) is 0 Å². The van der Waals surface area contributed by atoms with Crippen LogP contribution in [0.5, 0.6) is 11.5 Å². The van der Waals surface area contributed by atoms with Gasteiger partial charge in [-0.3, -0.25) is 0 Å². The van der Waals surface area contributed by atoms with Crippen LogP contribution < -0.4 is 0 Å². The molecule has 2 aromatic carbocycles. The molecule has 3 aromatic rings. The Hall–Kier alpha value is -2.82. The van der Waals surface area contributed by atoms with Crippen molar-refractivity contribution in [2.45, 2.75) is 46.5 Å². The van der Waals surface area contributed by atoms with Gasteiger partial charge in [0.05, 0.1) is 11.1 Å². The van der Waals surface area contributed by atoms with Crippen LogP contribution in [-0.4, -0.2) is 25.4 Å². The molecular weight excluding hydrogens is 326 g/mol. The maximum absolute atomic E-state index is 11.1. The Bertz CT molecular complexity index is 916. The number of nitrogens with zero attached hydrogens (tertiary/aromatic N) is 2. The number of rotatable bonds is 6. The third-order valence-corrected chi connectivity index (χ3v) is 4.55. The van der Waals surface area contributed by atoms with Crippen LogP contribution in [0, 0.1) is 13.8 Å². The number of benzene rings is 2. The SMILES string of the molecule is CCCCCc1cc(O)c(-c2cccc(C)c2)c(O)c1-c1nnc(C)[nH]1. The Kier molecular flexibility index (Phi) is 5.26.